The lowest BCUT2D eigenvalue weighted by atomic mass is 10.0. The Balaban J connectivity index is 2.53. The molecule has 0 N–H and O–H groups in total. The standard InChI is InChI=1S/C14H17FO3/c1-3-8-18-14(17)7-6-13(16)12-5-4-11(15)9-10(12)2/h4-5,9H,3,6-8H2,1-2H3. The van der Waals surface area contributed by atoms with Crippen LogP contribution in [0.2, 0.25) is 0 Å². The second-order valence-electron chi connectivity index (χ2n) is 4.10. The Morgan fingerprint density at radius 1 is 1.28 bits per heavy atom. The summed E-state index contributed by atoms with van der Waals surface area (Å²) in [7, 11) is 0. The summed E-state index contributed by atoms with van der Waals surface area (Å²) >= 11 is 0. The van der Waals surface area contributed by atoms with Crippen molar-refractivity contribution >= 4 is 11.8 Å². The van der Waals surface area contributed by atoms with Crippen LogP contribution < -0.4 is 0 Å². The molecule has 0 atom stereocenters. The van der Waals surface area contributed by atoms with Crippen LogP contribution in [0, 0.1) is 12.7 Å². The van der Waals surface area contributed by atoms with Crippen molar-refractivity contribution in [3.8, 4) is 0 Å². The number of esters is 1. The van der Waals surface area contributed by atoms with E-state index < -0.39 is 0 Å². The molecule has 0 amide bonds. The maximum atomic E-state index is 12.9. The lowest BCUT2D eigenvalue weighted by molar-refractivity contribution is -0.143. The molecule has 3 nitrogen and oxygen atoms in total. The molecule has 0 fully saturated rings. The number of carbonyl (C=O) groups excluding carboxylic acids is 2. The summed E-state index contributed by atoms with van der Waals surface area (Å²) in [5.74, 6) is -0.905. The zero-order valence-electron chi connectivity index (χ0n) is 10.7. The third-order valence-electron chi connectivity index (χ3n) is 2.51. The number of carbonyl (C=O) groups is 2. The van der Waals surface area contributed by atoms with Gasteiger partial charge in [0, 0.05) is 12.0 Å². The molecule has 1 aromatic carbocycles. The fourth-order valence-electron chi connectivity index (χ4n) is 1.58. The van der Waals surface area contributed by atoms with E-state index >= 15 is 0 Å². The van der Waals surface area contributed by atoms with Gasteiger partial charge in [0.05, 0.1) is 13.0 Å². The average Bonchev–Trinajstić information content (AvgIpc) is 2.33. The highest BCUT2D eigenvalue weighted by Crippen LogP contribution is 2.13. The van der Waals surface area contributed by atoms with Gasteiger partial charge in [-0.15, -0.1) is 0 Å². The predicted molar refractivity (Wildman–Crippen MR) is 66.0 cm³/mol. The van der Waals surface area contributed by atoms with Crippen molar-refractivity contribution in [2.75, 3.05) is 6.61 Å². The highest BCUT2D eigenvalue weighted by Gasteiger charge is 2.12. The van der Waals surface area contributed by atoms with E-state index in [-0.39, 0.29) is 30.4 Å². The first-order valence-electron chi connectivity index (χ1n) is 5.99. The number of benzene rings is 1. The van der Waals surface area contributed by atoms with Crippen LogP contribution in [0.4, 0.5) is 4.39 Å². The molecule has 0 aromatic heterocycles. The van der Waals surface area contributed by atoms with Gasteiger partial charge in [-0.25, -0.2) is 4.39 Å². The average molecular weight is 252 g/mol. The topological polar surface area (TPSA) is 43.4 Å². The van der Waals surface area contributed by atoms with E-state index in [1.165, 1.54) is 18.2 Å². The number of halogens is 1. The molecular formula is C14H17FO3. The highest BCUT2D eigenvalue weighted by molar-refractivity contribution is 5.98. The second-order valence-corrected chi connectivity index (χ2v) is 4.10. The minimum Gasteiger partial charge on any atom is -0.466 e. The van der Waals surface area contributed by atoms with Gasteiger partial charge in [-0.05, 0) is 37.1 Å². The van der Waals surface area contributed by atoms with Gasteiger partial charge in [0.15, 0.2) is 5.78 Å². The maximum absolute atomic E-state index is 12.9. The number of ketones is 1. The molecule has 0 saturated heterocycles. The summed E-state index contributed by atoms with van der Waals surface area (Å²) < 4.78 is 17.8. The van der Waals surface area contributed by atoms with Crippen LogP contribution in [0.15, 0.2) is 18.2 Å². The molecule has 1 rings (SSSR count). The van der Waals surface area contributed by atoms with Crippen LogP contribution >= 0.6 is 0 Å². The van der Waals surface area contributed by atoms with Crippen molar-refractivity contribution < 1.29 is 18.7 Å². The van der Waals surface area contributed by atoms with Gasteiger partial charge < -0.3 is 4.74 Å². The fraction of sp³-hybridized carbons (Fsp3) is 0.429. The number of Topliss-reactive ketones (excluding diaryl/α,β-unsaturated/α-hetero) is 1. The van der Waals surface area contributed by atoms with Crippen LogP contribution in [0.25, 0.3) is 0 Å². The molecule has 0 aliphatic carbocycles. The molecule has 0 saturated carbocycles. The maximum Gasteiger partial charge on any atom is 0.306 e. The van der Waals surface area contributed by atoms with Crippen molar-refractivity contribution in [2.24, 2.45) is 0 Å². The summed E-state index contributed by atoms with van der Waals surface area (Å²) in [5.41, 5.74) is 1.04. The quantitative estimate of drug-likeness (QED) is 0.577. The van der Waals surface area contributed by atoms with Crippen LogP contribution in [0.1, 0.15) is 42.1 Å². The number of hydrogen-bond donors (Lipinski definition) is 0. The molecule has 0 spiro atoms. The van der Waals surface area contributed by atoms with E-state index in [1.807, 2.05) is 6.92 Å². The van der Waals surface area contributed by atoms with Crippen molar-refractivity contribution in [2.45, 2.75) is 33.1 Å². The summed E-state index contributed by atoms with van der Waals surface area (Å²) in [6.45, 7) is 3.95. The number of aryl methyl sites for hydroxylation is 1. The largest absolute Gasteiger partial charge is 0.466 e. The van der Waals surface area contributed by atoms with E-state index in [0.29, 0.717) is 17.7 Å². The van der Waals surface area contributed by atoms with Crippen molar-refractivity contribution in [1.82, 2.24) is 0 Å². The smallest absolute Gasteiger partial charge is 0.306 e. The van der Waals surface area contributed by atoms with Gasteiger partial charge in [0.25, 0.3) is 0 Å². The van der Waals surface area contributed by atoms with Crippen molar-refractivity contribution in [3.05, 3.63) is 35.1 Å². The zero-order chi connectivity index (χ0) is 13.5. The molecule has 0 aliphatic heterocycles. The molecule has 0 aliphatic rings. The molecule has 4 heteroatoms. The third-order valence-corrected chi connectivity index (χ3v) is 2.51. The first-order valence-corrected chi connectivity index (χ1v) is 5.99. The summed E-state index contributed by atoms with van der Waals surface area (Å²) in [4.78, 5) is 23.1. The number of hydrogen-bond acceptors (Lipinski definition) is 3. The Kier molecular flexibility index (Phi) is 5.49. The molecular weight excluding hydrogens is 235 g/mol. The zero-order valence-corrected chi connectivity index (χ0v) is 10.7. The summed E-state index contributed by atoms with van der Waals surface area (Å²) in [6, 6.07) is 4.00. The van der Waals surface area contributed by atoms with Gasteiger partial charge in [0.1, 0.15) is 5.82 Å². The lowest BCUT2D eigenvalue weighted by Crippen LogP contribution is -2.09. The van der Waals surface area contributed by atoms with E-state index in [4.69, 9.17) is 4.74 Å². The summed E-state index contributed by atoms with van der Waals surface area (Å²) in [5, 5.41) is 0. The molecule has 0 heterocycles. The molecule has 98 valence electrons. The van der Waals surface area contributed by atoms with E-state index in [9.17, 15) is 14.0 Å². The van der Waals surface area contributed by atoms with Crippen LogP contribution in [0.3, 0.4) is 0 Å². The Bertz CT molecular complexity index is 441. The molecule has 18 heavy (non-hydrogen) atoms. The van der Waals surface area contributed by atoms with Crippen LogP contribution in [-0.4, -0.2) is 18.4 Å². The summed E-state index contributed by atoms with van der Waals surface area (Å²) in [6.07, 6.45) is 0.918. The van der Waals surface area contributed by atoms with Crippen molar-refractivity contribution in [1.29, 1.82) is 0 Å². The van der Waals surface area contributed by atoms with Gasteiger partial charge in [-0.3, -0.25) is 9.59 Å². The number of rotatable bonds is 6. The van der Waals surface area contributed by atoms with E-state index in [0.717, 1.165) is 6.42 Å². The fourth-order valence-corrected chi connectivity index (χ4v) is 1.58. The first-order chi connectivity index (χ1) is 8.54. The highest BCUT2D eigenvalue weighted by atomic mass is 19.1. The van der Waals surface area contributed by atoms with E-state index in [1.54, 1.807) is 6.92 Å². The Hall–Kier alpha value is -1.71. The molecule has 0 bridgehead atoms. The minimum absolute atomic E-state index is 0.0651. The Labute approximate surface area is 106 Å². The molecule has 0 radical (unpaired) electrons. The van der Waals surface area contributed by atoms with Crippen LogP contribution in [0.5, 0.6) is 0 Å². The Morgan fingerprint density at radius 2 is 2.00 bits per heavy atom. The number of ether oxygens (including phenoxy) is 1. The monoisotopic (exact) mass is 252 g/mol. The Morgan fingerprint density at radius 3 is 2.61 bits per heavy atom. The predicted octanol–water partition coefficient (Wildman–Crippen LogP) is 3.05. The first kappa shape index (κ1) is 14.4. The van der Waals surface area contributed by atoms with Gasteiger partial charge in [-0.1, -0.05) is 6.92 Å². The van der Waals surface area contributed by atoms with Crippen LogP contribution in [-0.2, 0) is 9.53 Å². The van der Waals surface area contributed by atoms with Gasteiger partial charge >= 0.3 is 5.97 Å². The lowest BCUT2D eigenvalue weighted by Gasteiger charge is -2.05. The van der Waals surface area contributed by atoms with Gasteiger partial charge in [-0.2, -0.15) is 0 Å². The van der Waals surface area contributed by atoms with Gasteiger partial charge in [0.2, 0.25) is 0 Å². The third kappa shape index (κ3) is 4.28. The SMILES string of the molecule is CCCOC(=O)CCC(=O)c1ccc(F)cc1C. The van der Waals surface area contributed by atoms with E-state index in [2.05, 4.69) is 0 Å². The minimum atomic E-state index is -0.370. The molecule has 0 unspecified atom stereocenters. The second kappa shape index (κ2) is 6.89. The normalized spacial score (nSPS) is 10.2. The molecule has 1 aromatic rings. The van der Waals surface area contributed by atoms with Crippen molar-refractivity contribution in [3.63, 3.8) is 0 Å².